The molecule has 1 amide bonds. The average molecular weight is 284 g/mol. The number of benzene rings is 2. The Hall–Kier alpha value is -2.33. The monoisotopic (exact) mass is 284 g/mol. The van der Waals surface area contributed by atoms with Crippen LogP contribution in [-0.4, -0.2) is 17.6 Å². The minimum atomic E-state index is -0.793. The summed E-state index contributed by atoms with van der Waals surface area (Å²) in [6.07, 6.45) is 0.230. The normalized spacial score (nSPS) is 13.4. The average Bonchev–Trinajstić information content (AvgIpc) is 2.48. The van der Waals surface area contributed by atoms with Crippen LogP contribution in [0, 0.1) is 0 Å². The number of hydrogen-bond acceptors (Lipinski definition) is 3. The van der Waals surface area contributed by atoms with Crippen molar-refractivity contribution >= 4 is 11.6 Å². The van der Waals surface area contributed by atoms with Crippen molar-refractivity contribution in [1.82, 2.24) is 5.32 Å². The predicted octanol–water partition coefficient (Wildman–Crippen LogP) is 1.84. The first-order valence-corrected chi connectivity index (χ1v) is 6.85. The number of nitrogens with one attached hydrogen (secondary N) is 1. The zero-order chi connectivity index (χ0) is 15.3. The van der Waals surface area contributed by atoms with Gasteiger partial charge in [0.25, 0.3) is 0 Å². The van der Waals surface area contributed by atoms with Crippen LogP contribution in [0.2, 0.25) is 0 Å². The Kier molecular flexibility index (Phi) is 4.60. The number of anilines is 1. The van der Waals surface area contributed by atoms with E-state index in [-0.39, 0.29) is 18.9 Å². The second-order valence-electron chi connectivity index (χ2n) is 5.33. The molecule has 0 aliphatic heterocycles. The van der Waals surface area contributed by atoms with Gasteiger partial charge in [-0.05, 0) is 30.2 Å². The van der Waals surface area contributed by atoms with Crippen molar-refractivity contribution in [1.29, 1.82) is 0 Å². The number of aliphatic hydroxyl groups is 1. The number of amides is 1. The molecule has 4 N–H and O–H groups in total. The molecular weight excluding hydrogens is 264 g/mol. The Balaban J connectivity index is 2.10. The van der Waals surface area contributed by atoms with Gasteiger partial charge in [-0.2, -0.15) is 0 Å². The van der Waals surface area contributed by atoms with Crippen LogP contribution < -0.4 is 11.1 Å². The molecule has 110 valence electrons. The van der Waals surface area contributed by atoms with E-state index in [0.717, 1.165) is 11.1 Å². The molecule has 4 nitrogen and oxygen atoms in total. The van der Waals surface area contributed by atoms with Crippen LogP contribution in [0.1, 0.15) is 18.1 Å². The minimum Gasteiger partial charge on any atom is -0.399 e. The summed E-state index contributed by atoms with van der Waals surface area (Å²) in [5, 5.41) is 12.6. The van der Waals surface area contributed by atoms with E-state index < -0.39 is 5.54 Å². The number of nitrogen functional groups attached to an aromatic ring is 1. The molecular formula is C17H20N2O2. The van der Waals surface area contributed by atoms with Gasteiger partial charge < -0.3 is 16.2 Å². The summed E-state index contributed by atoms with van der Waals surface area (Å²) < 4.78 is 0. The molecule has 4 heteroatoms. The van der Waals surface area contributed by atoms with E-state index in [1.165, 1.54) is 0 Å². The fraction of sp³-hybridized carbons (Fsp3) is 0.235. The zero-order valence-corrected chi connectivity index (χ0v) is 12.0. The van der Waals surface area contributed by atoms with Gasteiger partial charge in [0, 0.05) is 5.69 Å². The number of carbonyl (C=O) groups is 1. The summed E-state index contributed by atoms with van der Waals surface area (Å²) >= 11 is 0. The fourth-order valence-electron chi connectivity index (χ4n) is 2.25. The zero-order valence-electron chi connectivity index (χ0n) is 12.0. The molecule has 21 heavy (non-hydrogen) atoms. The van der Waals surface area contributed by atoms with E-state index in [4.69, 9.17) is 5.73 Å². The SMILES string of the molecule is CC(CO)(NC(=O)Cc1cccc(N)c1)c1ccccc1. The molecule has 1 atom stereocenters. The highest BCUT2D eigenvalue weighted by molar-refractivity contribution is 5.79. The van der Waals surface area contributed by atoms with Crippen molar-refractivity contribution in [3.05, 3.63) is 65.7 Å². The van der Waals surface area contributed by atoms with Gasteiger partial charge >= 0.3 is 0 Å². The molecule has 0 saturated heterocycles. The lowest BCUT2D eigenvalue weighted by molar-refractivity contribution is -0.122. The summed E-state index contributed by atoms with van der Waals surface area (Å²) in [5.74, 6) is -0.152. The number of aliphatic hydroxyl groups excluding tert-OH is 1. The maximum atomic E-state index is 12.2. The predicted molar refractivity (Wildman–Crippen MR) is 83.6 cm³/mol. The third kappa shape index (κ3) is 3.83. The molecule has 2 aromatic rings. The number of hydrogen-bond donors (Lipinski definition) is 3. The Labute approximate surface area is 124 Å². The summed E-state index contributed by atoms with van der Waals surface area (Å²) in [6, 6.07) is 16.7. The van der Waals surface area contributed by atoms with Gasteiger partial charge in [-0.25, -0.2) is 0 Å². The Morgan fingerprint density at radius 3 is 2.52 bits per heavy atom. The van der Waals surface area contributed by atoms with Gasteiger partial charge in [0.05, 0.1) is 18.6 Å². The van der Waals surface area contributed by atoms with E-state index in [2.05, 4.69) is 5.32 Å². The van der Waals surface area contributed by atoms with Gasteiger partial charge in [0.15, 0.2) is 0 Å². The van der Waals surface area contributed by atoms with Crippen LogP contribution in [0.15, 0.2) is 54.6 Å². The van der Waals surface area contributed by atoms with Crippen molar-refractivity contribution in [2.24, 2.45) is 0 Å². The molecule has 0 fully saturated rings. The first-order chi connectivity index (χ1) is 10.0. The maximum Gasteiger partial charge on any atom is 0.225 e. The first kappa shape index (κ1) is 15.1. The molecule has 0 aliphatic rings. The summed E-state index contributed by atoms with van der Waals surface area (Å²) in [7, 11) is 0. The summed E-state index contributed by atoms with van der Waals surface area (Å²) in [5.41, 5.74) is 7.26. The van der Waals surface area contributed by atoms with Crippen molar-refractivity contribution in [3.63, 3.8) is 0 Å². The largest absolute Gasteiger partial charge is 0.399 e. The van der Waals surface area contributed by atoms with Crippen LogP contribution in [0.4, 0.5) is 5.69 Å². The standard InChI is InChI=1S/C17H20N2O2/c1-17(12-20,14-7-3-2-4-8-14)19-16(21)11-13-6-5-9-15(18)10-13/h2-10,20H,11-12,18H2,1H3,(H,19,21). The lowest BCUT2D eigenvalue weighted by atomic mass is 9.92. The molecule has 0 heterocycles. The second-order valence-corrected chi connectivity index (χ2v) is 5.33. The lowest BCUT2D eigenvalue weighted by Crippen LogP contribution is -2.46. The van der Waals surface area contributed by atoms with Crippen LogP contribution >= 0.6 is 0 Å². The molecule has 0 bridgehead atoms. The van der Waals surface area contributed by atoms with E-state index in [9.17, 15) is 9.90 Å². The highest BCUT2D eigenvalue weighted by Gasteiger charge is 2.27. The Morgan fingerprint density at radius 2 is 1.90 bits per heavy atom. The van der Waals surface area contributed by atoms with E-state index in [1.54, 1.807) is 19.1 Å². The molecule has 1 unspecified atom stereocenters. The van der Waals surface area contributed by atoms with E-state index >= 15 is 0 Å². The molecule has 0 saturated carbocycles. The highest BCUT2D eigenvalue weighted by atomic mass is 16.3. The van der Waals surface area contributed by atoms with Crippen LogP contribution in [0.25, 0.3) is 0 Å². The van der Waals surface area contributed by atoms with Crippen LogP contribution in [0.5, 0.6) is 0 Å². The number of rotatable bonds is 5. The Morgan fingerprint density at radius 1 is 1.19 bits per heavy atom. The van der Waals surface area contributed by atoms with Crippen molar-refractivity contribution in [3.8, 4) is 0 Å². The first-order valence-electron chi connectivity index (χ1n) is 6.85. The van der Waals surface area contributed by atoms with Crippen molar-refractivity contribution < 1.29 is 9.90 Å². The Bertz CT molecular complexity index is 613. The molecule has 2 rings (SSSR count). The third-order valence-electron chi connectivity index (χ3n) is 3.46. The van der Waals surface area contributed by atoms with E-state index in [0.29, 0.717) is 5.69 Å². The van der Waals surface area contributed by atoms with Crippen LogP contribution in [0.3, 0.4) is 0 Å². The summed E-state index contributed by atoms with van der Waals surface area (Å²) in [6.45, 7) is 1.64. The van der Waals surface area contributed by atoms with Gasteiger partial charge in [0.1, 0.15) is 0 Å². The highest BCUT2D eigenvalue weighted by Crippen LogP contribution is 2.20. The smallest absolute Gasteiger partial charge is 0.225 e. The molecule has 0 aromatic heterocycles. The third-order valence-corrected chi connectivity index (χ3v) is 3.46. The quantitative estimate of drug-likeness (QED) is 0.733. The second kappa shape index (κ2) is 6.41. The lowest BCUT2D eigenvalue weighted by Gasteiger charge is -2.29. The number of carbonyl (C=O) groups excluding carboxylic acids is 1. The summed E-state index contributed by atoms with van der Waals surface area (Å²) in [4.78, 5) is 12.2. The maximum absolute atomic E-state index is 12.2. The molecule has 0 aliphatic carbocycles. The van der Waals surface area contributed by atoms with Crippen LogP contribution in [-0.2, 0) is 16.8 Å². The van der Waals surface area contributed by atoms with Gasteiger partial charge in [0.2, 0.25) is 5.91 Å². The topological polar surface area (TPSA) is 75.3 Å². The van der Waals surface area contributed by atoms with Gasteiger partial charge in [-0.3, -0.25) is 4.79 Å². The fourth-order valence-corrected chi connectivity index (χ4v) is 2.25. The molecule has 0 spiro atoms. The molecule has 0 radical (unpaired) electrons. The van der Waals surface area contributed by atoms with Crippen molar-refractivity contribution in [2.45, 2.75) is 18.9 Å². The van der Waals surface area contributed by atoms with E-state index in [1.807, 2.05) is 42.5 Å². The van der Waals surface area contributed by atoms with Crippen molar-refractivity contribution in [2.75, 3.05) is 12.3 Å². The number of nitrogens with two attached hydrogens (primary N) is 1. The minimum absolute atomic E-state index is 0.152. The molecule has 2 aromatic carbocycles. The van der Waals surface area contributed by atoms with Gasteiger partial charge in [-0.1, -0.05) is 42.5 Å². The van der Waals surface area contributed by atoms with Gasteiger partial charge in [-0.15, -0.1) is 0 Å².